The summed E-state index contributed by atoms with van der Waals surface area (Å²) >= 11 is 0. The number of imidazole rings is 1. The van der Waals surface area contributed by atoms with E-state index in [2.05, 4.69) is 10.1 Å². The van der Waals surface area contributed by atoms with Gasteiger partial charge in [0.1, 0.15) is 0 Å². The molecule has 2 heterocycles. The summed E-state index contributed by atoms with van der Waals surface area (Å²) in [7, 11) is 1.85. The van der Waals surface area contributed by atoms with Crippen LogP contribution in [0.5, 0.6) is 0 Å². The Morgan fingerprint density at radius 3 is 2.79 bits per heavy atom. The number of nitrogens with zero attached hydrogens (tertiary/aromatic N) is 3. The molecule has 0 unspecified atom stereocenters. The summed E-state index contributed by atoms with van der Waals surface area (Å²) in [5, 5.41) is 12.8. The number of fused-ring (bicyclic) bond motifs is 1. The molecule has 6 heteroatoms. The van der Waals surface area contributed by atoms with Gasteiger partial charge in [-0.2, -0.15) is 0 Å². The Morgan fingerprint density at radius 1 is 1.37 bits per heavy atom. The number of aromatic nitrogens is 3. The van der Waals surface area contributed by atoms with Crippen molar-refractivity contribution in [1.29, 1.82) is 0 Å². The van der Waals surface area contributed by atoms with Gasteiger partial charge in [0.2, 0.25) is 5.76 Å². The first-order valence-corrected chi connectivity index (χ1v) is 5.70. The lowest BCUT2D eigenvalue weighted by Gasteiger charge is -1.98. The summed E-state index contributed by atoms with van der Waals surface area (Å²) in [6.07, 6.45) is 0. The van der Waals surface area contributed by atoms with Gasteiger partial charge in [0.05, 0.1) is 22.3 Å². The van der Waals surface area contributed by atoms with Crippen LogP contribution in [0.1, 0.15) is 16.1 Å². The maximum atomic E-state index is 10.9. The Labute approximate surface area is 108 Å². The molecule has 0 radical (unpaired) electrons. The van der Waals surface area contributed by atoms with Gasteiger partial charge in [-0.05, 0) is 25.1 Å². The molecule has 0 fully saturated rings. The third-order valence-electron chi connectivity index (χ3n) is 2.98. The van der Waals surface area contributed by atoms with E-state index < -0.39 is 5.97 Å². The minimum absolute atomic E-state index is 0.214. The van der Waals surface area contributed by atoms with Gasteiger partial charge in [-0.25, -0.2) is 9.78 Å². The van der Waals surface area contributed by atoms with Crippen molar-refractivity contribution in [1.82, 2.24) is 14.7 Å². The highest BCUT2D eigenvalue weighted by Crippen LogP contribution is 2.24. The fraction of sp³-hybridized carbons (Fsp3) is 0.154. The second-order valence-electron chi connectivity index (χ2n) is 4.34. The average molecular weight is 257 g/mol. The van der Waals surface area contributed by atoms with E-state index in [9.17, 15) is 4.79 Å². The van der Waals surface area contributed by atoms with Crippen molar-refractivity contribution in [2.75, 3.05) is 0 Å². The summed E-state index contributed by atoms with van der Waals surface area (Å²) < 4.78 is 7.04. The average Bonchev–Trinajstić information content (AvgIpc) is 2.93. The van der Waals surface area contributed by atoms with Crippen LogP contribution in [0, 0.1) is 6.92 Å². The number of aromatic carboxylic acids is 1. The van der Waals surface area contributed by atoms with E-state index in [1.54, 1.807) is 24.3 Å². The monoisotopic (exact) mass is 257 g/mol. The zero-order valence-electron chi connectivity index (χ0n) is 10.4. The third-order valence-corrected chi connectivity index (χ3v) is 2.98. The molecule has 96 valence electrons. The Kier molecular flexibility index (Phi) is 2.38. The van der Waals surface area contributed by atoms with Crippen LogP contribution in [0.4, 0.5) is 0 Å². The Balaban J connectivity index is 2.22. The molecule has 0 saturated heterocycles. The highest BCUT2D eigenvalue weighted by Gasteiger charge is 2.15. The van der Waals surface area contributed by atoms with E-state index in [-0.39, 0.29) is 5.56 Å². The number of hydrogen-bond donors (Lipinski definition) is 1. The largest absolute Gasteiger partial charge is 0.478 e. The van der Waals surface area contributed by atoms with Gasteiger partial charge in [0, 0.05) is 13.1 Å². The Morgan fingerprint density at radius 2 is 2.16 bits per heavy atom. The van der Waals surface area contributed by atoms with Gasteiger partial charge in [-0.1, -0.05) is 5.16 Å². The molecule has 3 aromatic rings. The van der Waals surface area contributed by atoms with Crippen molar-refractivity contribution >= 4 is 17.0 Å². The molecule has 19 heavy (non-hydrogen) atoms. The Bertz CT molecular complexity index is 786. The molecule has 2 aromatic heterocycles. The normalized spacial score (nSPS) is 11.1. The second kappa shape index (κ2) is 3.94. The second-order valence-corrected chi connectivity index (χ2v) is 4.34. The van der Waals surface area contributed by atoms with Crippen molar-refractivity contribution in [3.63, 3.8) is 0 Å². The minimum atomic E-state index is -0.968. The van der Waals surface area contributed by atoms with Gasteiger partial charge in [-0.15, -0.1) is 0 Å². The van der Waals surface area contributed by atoms with Crippen molar-refractivity contribution < 1.29 is 14.4 Å². The maximum Gasteiger partial charge on any atom is 0.335 e. The zero-order chi connectivity index (χ0) is 13.6. The summed E-state index contributed by atoms with van der Waals surface area (Å²) in [6.45, 7) is 1.83. The molecule has 0 atom stereocenters. The van der Waals surface area contributed by atoms with Crippen molar-refractivity contribution in [2.24, 2.45) is 7.05 Å². The van der Waals surface area contributed by atoms with Crippen LogP contribution >= 0.6 is 0 Å². The number of carboxylic acid groups (broad SMARTS) is 1. The molecule has 3 rings (SSSR count). The number of hydrogen-bond acceptors (Lipinski definition) is 4. The predicted octanol–water partition coefficient (Wildman–Crippen LogP) is 2.23. The lowest BCUT2D eigenvalue weighted by Crippen LogP contribution is -1.95. The van der Waals surface area contributed by atoms with Crippen LogP contribution in [0.3, 0.4) is 0 Å². The van der Waals surface area contributed by atoms with E-state index in [1.807, 2.05) is 18.5 Å². The van der Waals surface area contributed by atoms with Crippen molar-refractivity contribution in [3.8, 4) is 11.6 Å². The molecule has 0 aliphatic carbocycles. The number of aryl methyl sites for hydroxylation is 2. The standard InChI is InChI=1S/C13H11N3O3/c1-7-5-11(19-15-7)12-14-9-6-8(13(17)18)3-4-10(9)16(12)2/h3-6H,1-2H3,(H,17,18). The first-order valence-electron chi connectivity index (χ1n) is 5.70. The van der Waals surface area contributed by atoms with E-state index >= 15 is 0 Å². The summed E-state index contributed by atoms with van der Waals surface area (Å²) in [5.74, 6) is 0.218. The maximum absolute atomic E-state index is 10.9. The number of rotatable bonds is 2. The van der Waals surface area contributed by atoms with Crippen LogP contribution in [-0.4, -0.2) is 25.8 Å². The van der Waals surface area contributed by atoms with Crippen LogP contribution in [0.15, 0.2) is 28.8 Å². The molecule has 0 spiro atoms. The smallest absolute Gasteiger partial charge is 0.335 e. The van der Waals surface area contributed by atoms with Crippen LogP contribution in [0.25, 0.3) is 22.6 Å². The molecule has 0 amide bonds. The zero-order valence-corrected chi connectivity index (χ0v) is 10.4. The highest BCUT2D eigenvalue weighted by atomic mass is 16.5. The van der Waals surface area contributed by atoms with Gasteiger partial charge in [0.25, 0.3) is 0 Å². The first-order chi connectivity index (χ1) is 9.06. The number of carboxylic acids is 1. The third kappa shape index (κ3) is 1.77. The first kappa shape index (κ1) is 11.5. The van der Waals surface area contributed by atoms with E-state index in [0.29, 0.717) is 17.1 Å². The molecule has 0 aliphatic heterocycles. The fourth-order valence-corrected chi connectivity index (χ4v) is 2.02. The van der Waals surface area contributed by atoms with E-state index in [0.717, 1.165) is 11.2 Å². The van der Waals surface area contributed by atoms with Crippen molar-refractivity contribution in [3.05, 3.63) is 35.5 Å². The fourth-order valence-electron chi connectivity index (χ4n) is 2.02. The Hall–Kier alpha value is -2.63. The molecule has 0 bridgehead atoms. The molecule has 1 aromatic carbocycles. The molecule has 0 saturated carbocycles. The van der Waals surface area contributed by atoms with Crippen LogP contribution in [-0.2, 0) is 7.05 Å². The summed E-state index contributed by atoms with van der Waals surface area (Å²) in [6, 6.07) is 6.63. The van der Waals surface area contributed by atoms with Gasteiger partial charge in [0.15, 0.2) is 5.82 Å². The van der Waals surface area contributed by atoms with Crippen molar-refractivity contribution in [2.45, 2.75) is 6.92 Å². The van der Waals surface area contributed by atoms with Gasteiger partial charge < -0.3 is 14.2 Å². The molecule has 1 N–H and O–H groups in total. The highest BCUT2D eigenvalue weighted by molar-refractivity contribution is 5.93. The van der Waals surface area contributed by atoms with Gasteiger partial charge in [-0.3, -0.25) is 0 Å². The SMILES string of the molecule is Cc1cc(-c2nc3cc(C(=O)O)ccc3n2C)on1. The summed E-state index contributed by atoms with van der Waals surface area (Å²) in [5.41, 5.74) is 2.44. The number of carbonyl (C=O) groups is 1. The van der Waals surface area contributed by atoms with E-state index in [1.165, 1.54) is 0 Å². The molecule has 0 aliphatic rings. The van der Waals surface area contributed by atoms with Crippen LogP contribution < -0.4 is 0 Å². The predicted molar refractivity (Wildman–Crippen MR) is 67.9 cm³/mol. The lowest BCUT2D eigenvalue weighted by molar-refractivity contribution is 0.0697. The molecular formula is C13H11N3O3. The lowest BCUT2D eigenvalue weighted by atomic mass is 10.2. The topological polar surface area (TPSA) is 81.1 Å². The van der Waals surface area contributed by atoms with Gasteiger partial charge >= 0.3 is 5.97 Å². The quantitative estimate of drug-likeness (QED) is 0.761. The minimum Gasteiger partial charge on any atom is -0.478 e. The molecule has 6 nitrogen and oxygen atoms in total. The number of benzene rings is 1. The van der Waals surface area contributed by atoms with Crippen LogP contribution in [0.2, 0.25) is 0 Å². The van der Waals surface area contributed by atoms with E-state index in [4.69, 9.17) is 9.63 Å². The molecular weight excluding hydrogens is 246 g/mol. The summed E-state index contributed by atoms with van der Waals surface area (Å²) in [4.78, 5) is 15.4.